The SMILES string of the molecule is CCCCCCCCCCCCCC(=O)NCCc1ccc(Cl)cc1. The van der Waals surface area contributed by atoms with Crippen LogP contribution in [0.4, 0.5) is 0 Å². The lowest BCUT2D eigenvalue weighted by Crippen LogP contribution is -2.25. The zero-order valence-corrected chi connectivity index (χ0v) is 16.8. The first-order chi connectivity index (χ1) is 12.2. The molecule has 3 heteroatoms. The molecule has 0 atom stereocenters. The fourth-order valence-corrected chi connectivity index (χ4v) is 3.16. The molecule has 25 heavy (non-hydrogen) atoms. The maximum absolute atomic E-state index is 11.8. The molecule has 0 saturated heterocycles. The molecule has 0 saturated carbocycles. The highest BCUT2D eigenvalue weighted by Gasteiger charge is 2.01. The Hall–Kier alpha value is -1.02. The van der Waals surface area contributed by atoms with E-state index in [4.69, 9.17) is 11.6 Å². The van der Waals surface area contributed by atoms with Crippen LogP contribution in [-0.2, 0) is 11.2 Å². The van der Waals surface area contributed by atoms with Gasteiger partial charge in [0.1, 0.15) is 0 Å². The van der Waals surface area contributed by atoms with Crippen molar-refractivity contribution in [3.63, 3.8) is 0 Å². The Morgan fingerprint density at radius 1 is 0.840 bits per heavy atom. The van der Waals surface area contributed by atoms with Crippen molar-refractivity contribution in [3.05, 3.63) is 34.9 Å². The van der Waals surface area contributed by atoms with Gasteiger partial charge in [0.2, 0.25) is 5.91 Å². The molecule has 0 aliphatic heterocycles. The maximum Gasteiger partial charge on any atom is 0.220 e. The molecule has 0 aromatic heterocycles. The summed E-state index contributed by atoms with van der Waals surface area (Å²) in [6.07, 6.45) is 16.0. The summed E-state index contributed by atoms with van der Waals surface area (Å²) in [5.74, 6) is 0.185. The van der Waals surface area contributed by atoms with Crippen LogP contribution >= 0.6 is 11.6 Å². The molecular weight excluding hydrogens is 330 g/mol. The van der Waals surface area contributed by atoms with Crippen LogP contribution < -0.4 is 5.32 Å². The van der Waals surface area contributed by atoms with Crippen molar-refractivity contribution in [1.82, 2.24) is 5.32 Å². The van der Waals surface area contributed by atoms with Crippen molar-refractivity contribution in [2.24, 2.45) is 0 Å². The topological polar surface area (TPSA) is 29.1 Å². The Labute approximate surface area is 159 Å². The molecule has 0 bridgehead atoms. The van der Waals surface area contributed by atoms with E-state index >= 15 is 0 Å². The molecular formula is C22H36ClNO. The number of halogens is 1. The van der Waals surface area contributed by atoms with E-state index in [-0.39, 0.29) is 5.91 Å². The van der Waals surface area contributed by atoms with E-state index in [1.807, 2.05) is 24.3 Å². The second-order valence-corrected chi connectivity index (χ2v) is 7.45. The van der Waals surface area contributed by atoms with E-state index in [2.05, 4.69) is 12.2 Å². The molecule has 0 spiro atoms. The standard InChI is InChI=1S/C22H36ClNO/c1-2-3-4-5-6-7-8-9-10-11-12-13-22(25)24-19-18-20-14-16-21(23)17-15-20/h14-17H,2-13,18-19H2,1H3,(H,24,25). The Kier molecular flexibility index (Phi) is 13.4. The number of carbonyl (C=O) groups excluding carboxylic acids is 1. The molecule has 0 fully saturated rings. The predicted octanol–water partition coefficient (Wildman–Crippen LogP) is 6.70. The number of hydrogen-bond donors (Lipinski definition) is 1. The molecule has 1 amide bonds. The molecule has 2 nitrogen and oxygen atoms in total. The van der Waals surface area contributed by atoms with Crippen molar-refractivity contribution >= 4 is 17.5 Å². The Bertz CT molecular complexity index is 444. The predicted molar refractivity (Wildman–Crippen MR) is 109 cm³/mol. The summed E-state index contributed by atoms with van der Waals surface area (Å²) in [4.78, 5) is 11.8. The lowest BCUT2D eigenvalue weighted by atomic mass is 10.1. The highest BCUT2D eigenvalue weighted by atomic mass is 35.5. The van der Waals surface area contributed by atoms with Crippen LogP contribution in [0.2, 0.25) is 5.02 Å². The minimum Gasteiger partial charge on any atom is -0.356 e. The van der Waals surface area contributed by atoms with Crippen molar-refractivity contribution in [2.75, 3.05) is 6.54 Å². The molecule has 0 radical (unpaired) electrons. The highest BCUT2D eigenvalue weighted by Crippen LogP contribution is 2.12. The van der Waals surface area contributed by atoms with Gasteiger partial charge >= 0.3 is 0 Å². The van der Waals surface area contributed by atoms with Crippen molar-refractivity contribution in [3.8, 4) is 0 Å². The molecule has 0 aliphatic rings. The fraction of sp³-hybridized carbons (Fsp3) is 0.682. The largest absolute Gasteiger partial charge is 0.356 e. The summed E-state index contributed by atoms with van der Waals surface area (Å²) in [6.45, 7) is 2.97. The lowest BCUT2D eigenvalue weighted by Gasteiger charge is -2.06. The fourth-order valence-electron chi connectivity index (χ4n) is 3.04. The van der Waals surface area contributed by atoms with Crippen molar-refractivity contribution in [2.45, 2.75) is 90.4 Å². The zero-order chi connectivity index (χ0) is 18.2. The van der Waals surface area contributed by atoms with Gasteiger partial charge in [-0.1, -0.05) is 94.9 Å². The van der Waals surface area contributed by atoms with Gasteiger partial charge in [0.15, 0.2) is 0 Å². The zero-order valence-electron chi connectivity index (χ0n) is 16.0. The van der Waals surface area contributed by atoms with Crippen LogP contribution in [0.3, 0.4) is 0 Å². The van der Waals surface area contributed by atoms with Gasteiger partial charge in [-0.2, -0.15) is 0 Å². The van der Waals surface area contributed by atoms with Gasteiger partial charge in [-0.15, -0.1) is 0 Å². The Morgan fingerprint density at radius 3 is 1.92 bits per heavy atom. The molecule has 1 rings (SSSR count). The van der Waals surface area contributed by atoms with Gasteiger partial charge < -0.3 is 5.32 Å². The number of carbonyl (C=O) groups is 1. The van der Waals surface area contributed by atoms with E-state index in [0.717, 1.165) is 17.9 Å². The van der Waals surface area contributed by atoms with Crippen molar-refractivity contribution < 1.29 is 4.79 Å². The molecule has 1 aromatic rings. The van der Waals surface area contributed by atoms with Crippen LogP contribution in [-0.4, -0.2) is 12.5 Å². The minimum absolute atomic E-state index is 0.185. The first kappa shape index (κ1) is 22.0. The number of unbranched alkanes of at least 4 members (excludes halogenated alkanes) is 10. The Balaban J connectivity index is 1.86. The minimum atomic E-state index is 0.185. The summed E-state index contributed by atoms with van der Waals surface area (Å²) in [6, 6.07) is 7.81. The average molecular weight is 366 g/mol. The van der Waals surface area contributed by atoms with Crippen LogP contribution in [0.1, 0.15) is 89.5 Å². The van der Waals surface area contributed by atoms with E-state index in [1.165, 1.54) is 69.8 Å². The third-order valence-corrected chi connectivity index (χ3v) is 4.91. The number of benzene rings is 1. The van der Waals surface area contributed by atoms with Gasteiger partial charge in [-0.25, -0.2) is 0 Å². The van der Waals surface area contributed by atoms with E-state index in [9.17, 15) is 4.79 Å². The third-order valence-electron chi connectivity index (χ3n) is 4.66. The summed E-state index contributed by atoms with van der Waals surface area (Å²) < 4.78 is 0. The molecule has 142 valence electrons. The van der Waals surface area contributed by atoms with Crippen LogP contribution in [0.5, 0.6) is 0 Å². The second kappa shape index (κ2) is 15.3. The smallest absolute Gasteiger partial charge is 0.220 e. The summed E-state index contributed by atoms with van der Waals surface area (Å²) >= 11 is 5.86. The average Bonchev–Trinajstić information content (AvgIpc) is 2.61. The van der Waals surface area contributed by atoms with Gasteiger partial charge in [-0.3, -0.25) is 4.79 Å². The quantitative estimate of drug-likeness (QED) is 0.344. The van der Waals surface area contributed by atoms with Gasteiger partial charge in [0, 0.05) is 18.0 Å². The second-order valence-electron chi connectivity index (χ2n) is 7.01. The molecule has 0 heterocycles. The molecule has 1 N–H and O–H groups in total. The number of nitrogens with one attached hydrogen (secondary N) is 1. The van der Waals surface area contributed by atoms with Crippen LogP contribution in [0, 0.1) is 0 Å². The lowest BCUT2D eigenvalue weighted by molar-refractivity contribution is -0.121. The van der Waals surface area contributed by atoms with E-state index in [0.29, 0.717) is 13.0 Å². The molecule has 0 aliphatic carbocycles. The Morgan fingerprint density at radius 2 is 1.36 bits per heavy atom. The van der Waals surface area contributed by atoms with Gasteiger partial charge in [0.25, 0.3) is 0 Å². The number of amides is 1. The summed E-state index contributed by atoms with van der Waals surface area (Å²) in [7, 11) is 0. The van der Waals surface area contributed by atoms with Gasteiger partial charge in [-0.05, 0) is 30.5 Å². The highest BCUT2D eigenvalue weighted by molar-refractivity contribution is 6.30. The summed E-state index contributed by atoms with van der Waals surface area (Å²) in [5, 5.41) is 3.76. The number of hydrogen-bond acceptors (Lipinski definition) is 1. The van der Waals surface area contributed by atoms with Crippen LogP contribution in [0.15, 0.2) is 24.3 Å². The van der Waals surface area contributed by atoms with E-state index in [1.54, 1.807) is 0 Å². The summed E-state index contributed by atoms with van der Waals surface area (Å²) in [5.41, 5.74) is 1.21. The van der Waals surface area contributed by atoms with E-state index < -0.39 is 0 Å². The van der Waals surface area contributed by atoms with Crippen molar-refractivity contribution in [1.29, 1.82) is 0 Å². The first-order valence-electron chi connectivity index (χ1n) is 10.2. The monoisotopic (exact) mass is 365 g/mol. The molecule has 1 aromatic carbocycles. The first-order valence-corrected chi connectivity index (χ1v) is 10.6. The van der Waals surface area contributed by atoms with Crippen LogP contribution in [0.25, 0.3) is 0 Å². The molecule has 0 unspecified atom stereocenters. The normalized spacial score (nSPS) is 10.8. The maximum atomic E-state index is 11.8. The number of rotatable bonds is 15. The third kappa shape index (κ3) is 12.9. The van der Waals surface area contributed by atoms with Gasteiger partial charge in [0.05, 0.1) is 0 Å².